The number of carbonyl (C=O) groups excluding carboxylic acids is 1. The highest BCUT2D eigenvalue weighted by atomic mass is 16.4. The monoisotopic (exact) mass is 275 g/mol. The highest BCUT2D eigenvalue weighted by Crippen LogP contribution is 2.61. The second-order valence-corrected chi connectivity index (χ2v) is 6.98. The molecule has 0 aromatic heterocycles. The second-order valence-electron chi connectivity index (χ2n) is 6.98. The van der Waals surface area contributed by atoms with E-state index >= 15 is 0 Å². The molecule has 0 saturated heterocycles. The zero-order chi connectivity index (χ0) is 14.2. The van der Waals surface area contributed by atoms with Crippen LogP contribution in [0.15, 0.2) is 5.16 Å². The summed E-state index contributed by atoms with van der Waals surface area (Å²) in [7, 11) is 0. The van der Waals surface area contributed by atoms with Crippen molar-refractivity contribution >= 4 is 11.6 Å². The van der Waals surface area contributed by atoms with Crippen LogP contribution >= 0.6 is 0 Å². The average molecular weight is 275 g/mol. The van der Waals surface area contributed by atoms with E-state index in [2.05, 4.69) is 10.5 Å². The molecule has 4 saturated carbocycles. The van der Waals surface area contributed by atoms with Crippen molar-refractivity contribution in [3.8, 4) is 6.07 Å². The number of rotatable bonds is 4. The fourth-order valence-electron chi connectivity index (χ4n) is 5.24. The van der Waals surface area contributed by atoms with Crippen molar-refractivity contribution < 1.29 is 10.0 Å². The summed E-state index contributed by atoms with van der Waals surface area (Å²) in [6, 6.07) is 1.58. The maximum absolute atomic E-state index is 11.6. The smallest absolute Gasteiger partial charge is 0.284 e. The Bertz CT molecular complexity index is 443. The van der Waals surface area contributed by atoms with Gasteiger partial charge in [0.2, 0.25) is 5.71 Å². The lowest BCUT2D eigenvalue weighted by atomic mass is 9.49. The standard InChI is InChI=1S/C15H21N3O2/c16-9-13(18-20)14(19)17-2-1-15-6-10-3-11(7-15)5-12(4-10)8-15/h10-12,20H,1-8H2,(H,17,19)/b18-13+. The van der Waals surface area contributed by atoms with Gasteiger partial charge < -0.3 is 10.5 Å². The number of amides is 1. The van der Waals surface area contributed by atoms with E-state index in [1.807, 2.05) is 0 Å². The molecular formula is C15H21N3O2. The Hall–Kier alpha value is -1.57. The van der Waals surface area contributed by atoms with Gasteiger partial charge in [-0.3, -0.25) is 4.79 Å². The molecule has 2 N–H and O–H groups in total. The summed E-state index contributed by atoms with van der Waals surface area (Å²) in [5.74, 6) is 2.15. The molecule has 0 atom stereocenters. The average Bonchev–Trinajstić information content (AvgIpc) is 2.38. The topological polar surface area (TPSA) is 85.5 Å². The first-order valence-corrected chi connectivity index (χ1v) is 7.54. The fraction of sp³-hybridized carbons (Fsp3) is 0.800. The first-order valence-electron chi connectivity index (χ1n) is 7.54. The van der Waals surface area contributed by atoms with Gasteiger partial charge in [-0.1, -0.05) is 5.16 Å². The van der Waals surface area contributed by atoms with Gasteiger partial charge in [-0.25, -0.2) is 0 Å². The van der Waals surface area contributed by atoms with Crippen LogP contribution in [0.4, 0.5) is 0 Å². The van der Waals surface area contributed by atoms with Gasteiger partial charge in [0.1, 0.15) is 6.07 Å². The van der Waals surface area contributed by atoms with Gasteiger partial charge in [-0.15, -0.1) is 0 Å². The third-order valence-electron chi connectivity index (χ3n) is 5.53. The molecule has 108 valence electrons. The molecule has 0 aromatic carbocycles. The van der Waals surface area contributed by atoms with Gasteiger partial charge in [-0.05, 0) is 68.1 Å². The molecule has 5 nitrogen and oxygen atoms in total. The minimum atomic E-state index is -0.570. The van der Waals surface area contributed by atoms with Crippen molar-refractivity contribution in [2.75, 3.05) is 6.54 Å². The lowest BCUT2D eigenvalue weighted by Crippen LogP contribution is -2.47. The molecule has 4 rings (SSSR count). The molecule has 0 aliphatic heterocycles. The SMILES string of the molecule is N#C/C(=N\O)C(=O)NCCC12CC3CC(CC(C3)C1)C2. The summed E-state index contributed by atoms with van der Waals surface area (Å²) in [6.45, 7) is 0.575. The molecule has 0 radical (unpaired) electrons. The molecular weight excluding hydrogens is 254 g/mol. The van der Waals surface area contributed by atoms with Gasteiger partial charge in [0.15, 0.2) is 0 Å². The Morgan fingerprint density at radius 3 is 2.25 bits per heavy atom. The van der Waals surface area contributed by atoms with Gasteiger partial charge in [0, 0.05) is 6.54 Å². The third kappa shape index (κ3) is 2.39. The molecule has 4 aliphatic rings. The Kier molecular flexibility index (Phi) is 3.41. The van der Waals surface area contributed by atoms with Crippen LogP contribution in [-0.2, 0) is 4.79 Å². The minimum absolute atomic E-state index is 0.422. The number of nitrogens with zero attached hydrogens (tertiary/aromatic N) is 2. The van der Waals surface area contributed by atoms with E-state index in [4.69, 9.17) is 10.5 Å². The maximum Gasteiger partial charge on any atom is 0.284 e. The van der Waals surface area contributed by atoms with Crippen molar-refractivity contribution in [1.82, 2.24) is 5.32 Å². The van der Waals surface area contributed by atoms with E-state index in [1.54, 1.807) is 6.07 Å². The third-order valence-corrected chi connectivity index (χ3v) is 5.53. The maximum atomic E-state index is 11.6. The zero-order valence-electron chi connectivity index (χ0n) is 11.6. The number of oxime groups is 1. The summed E-state index contributed by atoms with van der Waals surface area (Å²) >= 11 is 0. The van der Waals surface area contributed by atoms with Crippen LogP contribution in [0.25, 0.3) is 0 Å². The number of hydrogen-bond acceptors (Lipinski definition) is 4. The van der Waals surface area contributed by atoms with Crippen molar-refractivity contribution in [2.45, 2.75) is 44.9 Å². The Labute approximate surface area is 119 Å². The molecule has 0 unspecified atom stereocenters. The summed E-state index contributed by atoms with van der Waals surface area (Å²) < 4.78 is 0. The summed E-state index contributed by atoms with van der Waals surface area (Å²) in [4.78, 5) is 11.6. The molecule has 4 bridgehead atoms. The Morgan fingerprint density at radius 2 is 1.80 bits per heavy atom. The van der Waals surface area contributed by atoms with Crippen LogP contribution in [0.1, 0.15) is 44.9 Å². The first-order chi connectivity index (χ1) is 9.64. The van der Waals surface area contributed by atoms with E-state index in [1.165, 1.54) is 38.5 Å². The first kappa shape index (κ1) is 13.4. The van der Waals surface area contributed by atoms with E-state index in [9.17, 15) is 4.79 Å². The van der Waals surface area contributed by atoms with Crippen molar-refractivity contribution in [3.63, 3.8) is 0 Å². The molecule has 0 spiro atoms. The van der Waals surface area contributed by atoms with Gasteiger partial charge >= 0.3 is 0 Å². The minimum Gasteiger partial charge on any atom is -0.410 e. The number of hydrogen-bond donors (Lipinski definition) is 2. The lowest BCUT2D eigenvalue weighted by molar-refractivity contribution is -0.115. The normalized spacial score (nSPS) is 38.5. The molecule has 5 heteroatoms. The second kappa shape index (κ2) is 5.08. The molecule has 1 amide bonds. The van der Waals surface area contributed by atoms with E-state index in [-0.39, 0.29) is 0 Å². The van der Waals surface area contributed by atoms with Crippen molar-refractivity contribution in [3.05, 3.63) is 0 Å². The molecule has 20 heavy (non-hydrogen) atoms. The van der Waals surface area contributed by atoms with Crippen LogP contribution in [-0.4, -0.2) is 23.4 Å². The van der Waals surface area contributed by atoms with Crippen LogP contribution in [0.3, 0.4) is 0 Å². The van der Waals surface area contributed by atoms with Gasteiger partial charge in [0.05, 0.1) is 0 Å². The number of carbonyl (C=O) groups is 1. The number of nitriles is 1. The highest BCUT2D eigenvalue weighted by Gasteiger charge is 2.50. The predicted molar refractivity (Wildman–Crippen MR) is 73.1 cm³/mol. The van der Waals surface area contributed by atoms with Crippen molar-refractivity contribution in [2.24, 2.45) is 28.3 Å². The van der Waals surface area contributed by atoms with Crippen LogP contribution < -0.4 is 5.32 Å². The summed E-state index contributed by atoms with van der Waals surface area (Å²) in [5.41, 5.74) is -0.0407. The Balaban J connectivity index is 1.54. The highest BCUT2D eigenvalue weighted by molar-refractivity contribution is 6.44. The largest absolute Gasteiger partial charge is 0.410 e. The van der Waals surface area contributed by atoms with Crippen molar-refractivity contribution in [1.29, 1.82) is 5.26 Å². The summed E-state index contributed by atoms with van der Waals surface area (Å²) in [6.07, 6.45) is 9.19. The van der Waals surface area contributed by atoms with E-state index < -0.39 is 11.6 Å². The fourth-order valence-corrected chi connectivity index (χ4v) is 5.24. The van der Waals surface area contributed by atoms with Gasteiger partial charge in [0.25, 0.3) is 5.91 Å². The molecule has 0 heterocycles. The molecule has 4 aliphatic carbocycles. The quantitative estimate of drug-likeness (QED) is 0.468. The van der Waals surface area contributed by atoms with Crippen LogP contribution in [0.2, 0.25) is 0 Å². The lowest BCUT2D eigenvalue weighted by Gasteiger charge is -2.57. The van der Waals surface area contributed by atoms with E-state index in [0.29, 0.717) is 12.0 Å². The number of nitrogens with one attached hydrogen (secondary N) is 1. The predicted octanol–water partition coefficient (Wildman–Crippen LogP) is 2.06. The Morgan fingerprint density at radius 1 is 1.25 bits per heavy atom. The molecule has 0 aromatic rings. The zero-order valence-corrected chi connectivity index (χ0v) is 11.6. The van der Waals surface area contributed by atoms with Gasteiger partial charge in [-0.2, -0.15) is 5.26 Å². The summed E-state index contributed by atoms with van der Waals surface area (Å²) in [5, 5.41) is 22.6. The van der Waals surface area contributed by atoms with E-state index in [0.717, 1.165) is 24.2 Å². The van der Waals surface area contributed by atoms with Crippen LogP contribution in [0.5, 0.6) is 0 Å². The molecule has 4 fully saturated rings. The van der Waals surface area contributed by atoms with Crippen LogP contribution in [0, 0.1) is 34.5 Å².